The minimum Gasteiger partial charge on any atom is -0.369 e. The molecule has 0 spiro atoms. The summed E-state index contributed by atoms with van der Waals surface area (Å²) in [5, 5.41) is 1.83. The molecule has 3 aromatic rings. The Bertz CT molecular complexity index is 994. The number of hydrogen-bond donors (Lipinski definition) is 1. The van der Waals surface area contributed by atoms with Crippen LogP contribution in [-0.4, -0.2) is 13.0 Å². The fourth-order valence-corrected chi connectivity index (χ4v) is 2.87. The summed E-state index contributed by atoms with van der Waals surface area (Å²) in [5.74, 6) is -3.02. The van der Waals surface area contributed by atoms with Crippen molar-refractivity contribution < 1.29 is 13.2 Å². The Labute approximate surface area is 149 Å². The third kappa shape index (κ3) is 3.10. The van der Waals surface area contributed by atoms with E-state index in [-0.39, 0.29) is 17.9 Å². The molecule has 6 heteroatoms. The second-order valence-corrected chi connectivity index (χ2v) is 5.86. The molecule has 2 N–H and O–H groups in total. The molecule has 0 aliphatic carbocycles. The quantitative estimate of drug-likeness (QED) is 0.535. The van der Waals surface area contributed by atoms with Crippen molar-refractivity contribution in [2.75, 3.05) is 11.9 Å². The highest BCUT2D eigenvalue weighted by Gasteiger charge is 2.22. The summed E-state index contributed by atoms with van der Waals surface area (Å²) in [4.78, 5) is 5.41. The van der Waals surface area contributed by atoms with Crippen LogP contribution in [0, 0.1) is 17.5 Å². The average molecular weight is 357 g/mol. The molecule has 0 radical (unpaired) electrons. The second-order valence-electron chi connectivity index (χ2n) is 5.86. The van der Waals surface area contributed by atoms with Crippen molar-refractivity contribution in [1.82, 2.24) is 0 Å². The van der Waals surface area contributed by atoms with Gasteiger partial charge >= 0.3 is 0 Å². The standard InChI is InChI=1S/C20H18F3N3/c1-3-13-15(21)11-16(22)19(18(13)23)26(2)20(24)25-17-10-6-8-12-7-4-5-9-14(12)17/h4-11H,3H2,1-2H3,(H2,24,25). The number of hydrogen-bond acceptors (Lipinski definition) is 1. The molecule has 0 aliphatic heterocycles. The number of rotatable bonds is 3. The van der Waals surface area contributed by atoms with Gasteiger partial charge < -0.3 is 10.6 Å². The topological polar surface area (TPSA) is 41.6 Å². The van der Waals surface area contributed by atoms with Crippen molar-refractivity contribution in [2.24, 2.45) is 10.7 Å². The van der Waals surface area contributed by atoms with E-state index in [1.54, 1.807) is 13.0 Å². The van der Waals surface area contributed by atoms with Crippen LogP contribution in [0.4, 0.5) is 24.5 Å². The fraction of sp³-hybridized carbons (Fsp3) is 0.150. The molecule has 134 valence electrons. The zero-order valence-electron chi connectivity index (χ0n) is 14.4. The van der Waals surface area contributed by atoms with E-state index < -0.39 is 23.1 Å². The van der Waals surface area contributed by atoms with E-state index in [2.05, 4.69) is 4.99 Å². The lowest BCUT2D eigenvalue weighted by Crippen LogP contribution is -2.35. The molecule has 0 fully saturated rings. The van der Waals surface area contributed by atoms with E-state index in [0.29, 0.717) is 11.8 Å². The van der Waals surface area contributed by atoms with Crippen LogP contribution in [-0.2, 0) is 6.42 Å². The Hall–Kier alpha value is -3.02. The van der Waals surface area contributed by atoms with E-state index in [9.17, 15) is 13.2 Å². The van der Waals surface area contributed by atoms with Gasteiger partial charge in [-0.3, -0.25) is 0 Å². The molecule has 0 heterocycles. The summed E-state index contributed by atoms with van der Waals surface area (Å²) in [6, 6.07) is 13.8. The molecule has 0 unspecified atom stereocenters. The lowest BCUT2D eigenvalue weighted by Gasteiger charge is -2.21. The Morgan fingerprint density at radius 1 is 1.04 bits per heavy atom. The fourth-order valence-electron chi connectivity index (χ4n) is 2.87. The molecule has 0 aliphatic rings. The Morgan fingerprint density at radius 3 is 2.46 bits per heavy atom. The van der Waals surface area contributed by atoms with Crippen LogP contribution in [0.3, 0.4) is 0 Å². The van der Waals surface area contributed by atoms with Gasteiger partial charge in [-0.05, 0) is 17.9 Å². The minimum atomic E-state index is -1.03. The molecule has 0 saturated carbocycles. The first kappa shape index (κ1) is 17.8. The molecule has 0 bridgehead atoms. The minimum absolute atomic E-state index is 0.0964. The molecule has 0 atom stereocenters. The van der Waals surface area contributed by atoms with Gasteiger partial charge in [0.05, 0.1) is 5.69 Å². The summed E-state index contributed by atoms with van der Waals surface area (Å²) >= 11 is 0. The van der Waals surface area contributed by atoms with Gasteiger partial charge in [0, 0.05) is 24.1 Å². The van der Waals surface area contributed by atoms with Gasteiger partial charge in [-0.1, -0.05) is 43.3 Å². The molecular formula is C20H18F3N3. The first-order valence-corrected chi connectivity index (χ1v) is 8.16. The van der Waals surface area contributed by atoms with E-state index in [1.165, 1.54) is 7.05 Å². The Kier molecular flexibility index (Phi) is 4.84. The van der Waals surface area contributed by atoms with E-state index in [1.807, 2.05) is 36.4 Å². The van der Waals surface area contributed by atoms with Crippen LogP contribution >= 0.6 is 0 Å². The maximum Gasteiger partial charge on any atom is 0.200 e. The molecule has 3 nitrogen and oxygen atoms in total. The highest BCUT2D eigenvalue weighted by molar-refractivity contribution is 6.00. The van der Waals surface area contributed by atoms with Crippen LogP contribution in [0.25, 0.3) is 10.8 Å². The summed E-state index contributed by atoms with van der Waals surface area (Å²) < 4.78 is 42.5. The number of nitrogens with zero attached hydrogens (tertiary/aromatic N) is 2. The van der Waals surface area contributed by atoms with Crippen LogP contribution < -0.4 is 10.6 Å². The number of benzene rings is 3. The molecule has 0 aromatic heterocycles. The molecule has 0 amide bonds. The molecule has 3 aromatic carbocycles. The summed E-state index contributed by atoms with van der Waals surface area (Å²) in [7, 11) is 1.39. The highest BCUT2D eigenvalue weighted by atomic mass is 19.1. The third-order valence-corrected chi connectivity index (χ3v) is 4.28. The number of anilines is 1. The monoisotopic (exact) mass is 357 g/mol. The maximum atomic E-state index is 14.6. The van der Waals surface area contributed by atoms with Crippen LogP contribution in [0.15, 0.2) is 53.5 Å². The lowest BCUT2D eigenvalue weighted by atomic mass is 10.1. The third-order valence-electron chi connectivity index (χ3n) is 4.28. The normalized spacial score (nSPS) is 11.8. The number of aliphatic imine (C=N–C) groups is 1. The van der Waals surface area contributed by atoms with Crippen molar-refractivity contribution in [1.29, 1.82) is 0 Å². The number of halogens is 3. The van der Waals surface area contributed by atoms with Crippen molar-refractivity contribution in [3.63, 3.8) is 0 Å². The second kappa shape index (κ2) is 7.07. The number of guanidine groups is 1. The highest BCUT2D eigenvalue weighted by Crippen LogP contribution is 2.29. The lowest BCUT2D eigenvalue weighted by molar-refractivity contribution is 0.528. The van der Waals surface area contributed by atoms with Gasteiger partial charge in [-0.25, -0.2) is 18.2 Å². The molecule has 26 heavy (non-hydrogen) atoms. The SMILES string of the molecule is CCc1c(F)cc(F)c(N(C)C(N)=Nc2cccc3ccccc23)c1F. The van der Waals surface area contributed by atoms with Crippen molar-refractivity contribution in [3.05, 3.63) is 71.5 Å². The zero-order valence-corrected chi connectivity index (χ0v) is 14.4. The molecule has 3 rings (SSSR count). The average Bonchev–Trinajstić information content (AvgIpc) is 2.62. The Morgan fingerprint density at radius 2 is 1.73 bits per heavy atom. The number of fused-ring (bicyclic) bond motifs is 1. The Balaban J connectivity index is 2.08. The van der Waals surface area contributed by atoms with Crippen LogP contribution in [0.1, 0.15) is 12.5 Å². The first-order valence-electron chi connectivity index (χ1n) is 8.16. The van der Waals surface area contributed by atoms with Crippen LogP contribution in [0.2, 0.25) is 0 Å². The van der Waals surface area contributed by atoms with Gasteiger partial charge in [0.1, 0.15) is 11.5 Å². The maximum absolute atomic E-state index is 14.6. The van der Waals surface area contributed by atoms with E-state index in [4.69, 9.17) is 5.73 Å². The van der Waals surface area contributed by atoms with Gasteiger partial charge in [-0.2, -0.15) is 0 Å². The summed E-state index contributed by atoms with van der Waals surface area (Å²) in [6.45, 7) is 1.59. The van der Waals surface area contributed by atoms with Crippen molar-refractivity contribution in [2.45, 2.75) is 13.3 Å². The predicted octanol–water partition coefficient (Wildman–Crippen LogP) is 4.90. The van der Waals surface area contributed by atoms with Gasteiger partial charge in [0.2, 0.25) is 5.96 Å². The van der Waals surface area contributed by atoms with Crippen molar-refractivity contribution in [3.8, 4) is 0 Å². The molecular weight excluding hydrogens is 339 g/mol. The van der Waals surface area contributed by atoms with Crippen molar-refractivity contribution >= 4 is 28.1 Å². The molecule has 0 saturated heterocycles. The van der Waals surface area contributed by atoms with E-state index in [0.717, 1.165) is 15.7 Å². The zero-order chi connectivity index (χ0) is 18.8. The summed E-state index contributed by atoms with van der Waals surface area (Å²) in [5.41, 5.74) is 5.95. The van der Waals surface area contributed by atoms with Gasteiger partial charge in [0.25, 0.3) is 0 Å². The van der Waals surface area contributed by atoms with Gasteiger partial charge in [0.15, 0.2) is 11.6 Å². The number of nitrogens with two attached hydrogens (primary N) is 1. The smallest absolute Gasteiger partial charge is 0.200 e. The van der Waals surface area contributed by atoms with E-state index >= 15 is 0 Å². The van der Waals surface area contributed by atoms with Crippen LogP contribution in [0.5, 0.6) is 0 Å². The predicted molar refractivity (Wildman–Crippen MR) is 99.3 cm³/mol. The first-order chi connectivity index (χ1) is 12.4. The largest absolute Gasteiger partial charge is 0.369 e. The summed E-state index contributed by atoms with van der Waals surface area (Å²) in [6.07, 6.45) is 0.0964. The van der Waals surface area contributed by atoms with Gasteiger partial charge in [-0.15, -0.1) is 0 Å².